The average molecular weight is 314 g/mol. The molecular formula is C18H22N2O3. The van der Waals surface area contributed by atoms with Gasteiger partial charge in [0.1, 0.15) is 12.1 Å². The second-order valence-corrected chi connectivity index (χ2v) is 6.49. The van der Waals surface area contributed by atoms with Crippen LogP contribution in [0.1, 0.15) is 49.8 Å². The Morgan fingerprint density at radius 1 is 1.26 bits per heavy atom. The highest BCUT2D eigenvalue weighted by Gasteiger charge is 2.41. The summed E-state index contributed by atoms with van der Waals surface area (Å²) in [5.41, 5.74) is 2.92. The van der Waals surface area contributed by atoms with Gasteiger partial charge < -0.3 is 10.1 Å². The first-order valence-electron chi connectivity index (χ1n) is 8.01. The molecule has 0 aromatic heterocycles. The molecule has 2 heterocycles. The zero-order valence-corrected chi connectivity index (χ0v) is 13.5. The van der Waals surface area contributed by atoms with E-state index in [0.717, 1.165) is 5.56 Å². The summed E-state index contributed by atoms with van der Waals surface area (Å²) >= 11 is 0. The molecule has 23 heavy (non-hydrogen) atoms. The minimum atomic E-state index is -0.465. The number of hydrogen-bond donors (Lipinski definition) is 1. The van der Waals surface area contributed by atoms with E-state index in [1.807, 2.05) is 12.1 Å². The third-order valence-electron chi connectivity index (χ3n) is 4.51. The molecule has 0 saturated carbocycles. The van der Waals surface area contributed by atoms with E-state index >= 15 is 0 Å². The van der Waals surface area contributed by atoms with Crippen LogP contribution >= 0.6 is 0 Å². The molecule has 2 amide bonds. The first-order chi connectivity index (χ1) is 11.0. The van der Waals surface area contributed by atoms with Gasteiger partial charge in [-0.15, -0.1) is 0 Å². The van der Waals surface area contributed by atoms with E-state index in [-0.39, 0.29) is 12.0 Å². The fourth-order valence-corrected chi connectivity index (χ4v) is 3.06. The molecule has 2 atom stereocenters. The van der Waals surface area contributed by atoms with Crippen molar-refractivity contribution in [1.29, 1.82) is 0 Å². The molecule has 1 aromatic carbocycles. The van der Waals surface area contributed by atoms with Gasteiger partial charge in [0.25, 0.3) is 0 Å². The quantitative estimate of drug-likeness (QED) is 0.932. The molecule has 5 heteroatoms. The van der Waals surface area contributed by atoms with Crippen molar-refractivity contribution >= 4 is 12.0 Å². The summed E-state index contributed by atoms with van der Waals surface area (Å²) in [6.45, 7) is 8.45. The van der Waals surface area contributed by atoms with Gasteiger partial charge in [-0.25, -0.2) is 4.79 Å². The van der Waals surface area contributed by atoms with E-state index in [4.69, 9.17) is 4.74 Å². The molecule has 0 bridgehead atoms. The van der Waals surface area contributed by atoms with Crippen molar-refractivity contribution in [2.45, 2.75) is 44.8 Å². The van der Waals surface area contributed by atoms with Crippen molar-refractivity contribution in [3.05, 3.63) is 47.7 Å². The van der Waals surface area contributed by atoms with E-state index in [0.29, 0.717) is 31.0 Å². The molecule has 2 fully saturated rings. The summed E-state index contributed by atoms with van der Waals surface area (Å²) in [4.78, 5) is 25.8. The van der Waals surface area contributed by atoms with Gasteiger partial charge in [-0.05, 0) is 29.9 Å². The lowest BCUT2D eigenvalue weighted by molar-refractivity contribution is -0.125. The number of nitrogens with one attached hydrogen (secondary N) is 1. The number of ether oxygens (including phenoxy) is 1. The van der Waals surface area contributed by atoms with E-state index in [2.05, 4.69) is 37.9 Å². The monoisotopic (exact) mass is 314 g/mol. The zero-order chi connectivity index (χ0) is 16.6. The number of allylic oxidation sites excluding steroid dienone is 1. The molecular weight excluding hydrogens is 292 g/mol. The number of carbonyl (C=O) groups is 2. The van der Waals surface area contributed by atoms with Gasteiger partial charge in [0.2, 0.25) is 5.91 Å². The Kier molecular flexibility index (Phi) is 4.11. The number of carbonyl (C=O) groups excluding carboxylic acids is 2. The van der Waals surface area contributed by atoms with E-state index in [9.17, 15) is 9.59 Å². The van der Waals surface area contributed by atoms with E-state index in [1.165, 1.54) is 10.5 Å². The smallest absolute Gasteiger partial charge is 0.411 e. The second-order valence-electron chi connectivity index (χ2n) is 6.49. The van der Waals surface area contributed by atoms with E-state index < -0.39 is 12.1 Å². The number of nitrogens with zero attached hydrogens (tertiary/aromatic N) is 1. The maximum Gasteiger partial charge on any atom is 0.411 e. The highest BCUT2D eigenvalue weighted by molar-refractivity contribution is 5.88. The standard InChI is InChI=1S/C18H22N2O3/c1-11(2)13-5-7-14(8-6-13)16-10-20(18(22)23-16)15-9-4-12(3)19-17(15)21/h5-8,11,15-16H,3-4,9-10H2,1-2H3,(H,19,21)/t15?,16-/m0/s1. The summed E-state index contributed by atoms with van der Waals surface area (Å²) in [6.07, 6.45) is 0.546. The minimum absolute atomic E-state index is 0.172. The largest absolute Gasteiger partial charge is 0.439 e. The molecule has 3 rings (SSSR count). The Morgan fingerprint density at radius 2 is 1.96 bits per heavy atom. The van der Waals surface area contributed by atoms with Gasteiger partial charge in [0.15, 0.2) is 0 Å². The summed E-state index contributed by atoms with van der Waals surface area (Å²) < 4.78 is 5.47. The Hall–Kier alpha value is -2.30. The summed E-state index contributed by atoms with van der Waals surface area (Å²) in [5, 5.41) is 2.72. The zero-order valence-electron chi connectivity index (χ0n) is 13.5. The van der Waals surface area contributed by atoms with Crippen LogP contribution < -0.4 is 5.32 Å². The van der Waals surface area contributed by atoms with Gasteiger partial charge in [-0.3, -0.25) is 9.69 Å². The van der Waals surface area contributed by atoms with Crippen molar-refractivity contribution in [3.8, 4) is 0 Å². The third kappa shape index (κ3) is 3.09. The predicted octanol–water partition coefficient (Wildman–Crippen LogP) is 3.10. The maximum atomic E-state index is 12.2. The Bertz CT molecular complexity index is 636. The molecule has 0 aliphatic carbocycles. The van der Waals surface area contributed by atoms with Gasteiger partial charge in [-0.2, -0.15) is 0 Å². The van der Waals surface area contributed by atoms with Crippen molar-refractivity contribution in [2.24, 2.45) is 0 Å². The maximum absolute atomic E-state index is 12.2. The molecule has 2 saturated heterocycles. The number of piperidine rings is 1. The van der Waals surface area contributed by atoms with Crippen LogP contribution in [-0.2, 0) is 9.53 Å². The fourth-order valence-electron chi connectivity index (χ4n) is 3.06. The predicted molar refractivity (Wildman–Crippen MR) is 86.8 cm³/mol. The summed E-state index contributed by atoms with van der Waals surface area (Å²) in [6, 6.07) is 7.66. The molecule has 1 N–H and O–H groups in total. The second kappa shape index (κ2) is 6.07. The van der Waals surface area contributed by atoms with Crippen LogP contribution in [0.25, 0.3) is 0 Å². The van der Waals surface area contributed by atoms with E-state index in [1.54, 1.807) is 0 Å². The van der Waals surface area contributed by atoms with Crippen LogP contribution in [0.5, 0.6) is 0 Å². The lowest BCUT2D eigenvalue weighted by atomic mass is 9.99. The van der Waals surface area contributed by atoms with Crippen LogP contribution in [0.15, 0.2) is 36.5 Å². The van der Waals surface area contributed by atoms with Gasteiger partial charge in [0, 0.05) is 5.70 Å². The lowest BCUT2D eigenvalue weighted by Gasteiger charge is -2.29. The number of cyclic esters (lactones) is 1. The van der Waals surface area contributed by atoms with Crippen molar-refractivity contribution in [1.82, 2.24) is 10.2 Å². The van der Waals surface area contributed by atoms with Crippen LogP contribution in [-0.4, -0.2) is 29.5 Å². The summed E-state index contributed by atoms with van der Waals surface area (Å²) in [7, 11) is 0. The first-order valence-corrected chi connectivity index (χ1v) is 8.01. The molecule has 2 aliphatic heterocycles. The molecule has 0 spiro atoms. The molecule has 0 radical (unpaired) electrons. The van der Waals surface area contributed by atoms with Crippen LogP contribution in [0.4, 0.5) is 4.79 Å². The molecule has 2 aliphatic rings. The molecule has 5 nitrogen and oxygen atoms in total. The van der Waals surface area contributed by atoms with Crippen molar-refractivity contribution < 1.29 is 14.3 Å². The Labute approximate surface area is 136 Å². The van der Waals surface area contributed by atoms with Gasteiger partial charge >= 0.3 is 6.09 Å². The minimum Gasteiger partial charge on any atom is -0.439 e. The van der Waals surface area contributed by atoms with Crippen LogP contribution in [0.3, 0.4) is 0 Å². The topological polar surface area (TPSA) is 58.6 Å². The highest BCUT2D eigenvalue weighted by atomic mass is 16.6. The number of amides is 2. The number of rotatable bonds is 3. The van der Waals surface area contributed by atoms with Crippen molar-refractivity contribution in [3.63, 3.8) is 0 Å². The molecule has 1 unspecified atom stereocenters. The SMILES string of the molecule is C=C1CCC(N2C[C@@H](c3ccc(C(C)C)cc3)OC2=O)C(=O)N1. The molecule has 1 aromatic rings. The number of hydrogen-bond acceptors (Lipinski definition) is 3. The Balaban J connectivity index is 1.72. The third-order valence-corrected chi connectivity index (χ3v) is 4.51. The van der Waals surface area contributed by atoms with Crippen molar-refractivity contribution in [2.75, 3.05) is 6.54 Å². The number of benzene rings is 1. The summed E-state index contributed by atoms with van der Waals surface area (Å²) in [5.74, 6) is 0.291. The highest BCUT2D eigenvalue weighted by Crippen LogP contribution is 2.30. The first kappa shape index (κ1) is 15.6. The Morgan fingerprint density at radius 3 is 2.57 bits per heavy atom. The van der Waals surface area contributed by atoms with Crippen LogP contribution in [0, 0.1) is 0 Å². The van der Waals surface area contributed by atoms with Gasteiger partial charge in [-0.1, -0.05) is 44.7 Å². The molecule has 122 valence electrons. The van der Waals surface area contributed by atoms with Gasteiger partial charge in [0.05, 0.1) is 6.54 Å². The average Bonchev–Trinajstić information content (AvgIpc) is 2.89. The van der Waals surface area contributed by atoms with Crippen LogP contribution in [0.2, 0.25) is 0 Å². The fraction of sp³-hybridized carbons (Fsp3) is 0.444. The normalized spacial score (nSPS) is 24.8. The lowest BCUT2D eigenvalue weighted by Crippen LogP contribution is -2.49.